The largest absolute Gasteiger partial charge is 0.480 e. The maximum Gasteiger partial charge on any atom is 0.325 e. The second-order valence-corrected chi connectivity index (χ2v) is 6.37. The Kier molecular flexibility index (Phi) is 3.97. The van der Waals surface area contributed by atoms with Gasteiger partial charge in [-0.3, -0.25) is 9.69 Å². The highest BCUT2D eigenvalue weighted by molar-refractivity contribution is 7.10. The molecule has 3 nitrogen and oxygen atoms in total. The molecule has 2 heterocycles. The van der Waals surface area contributed by atoms with E-state index in [1.54, 1.807) is 28.4 Å². The molecule has 0 saturated heterocycles. The predicted molar refractivity (Wildman–Crippen MR) is 80.2 cm³/mol. The van der Waals surface area contributed by atoms with Crippen LogP contribution in [0.5, 0.6) is 0 Å². The molecule has 1 N–H and O–H groups in total. The number of carboxylic acids is 1. The molecule has 0 saturated carbocycles. The molecule has 1 aromatic heterocycles. The molecule has 21 heavy (non-hydrogen) atoms. The first-order valence-corrected chi connectivity index (χ1v) is 7.79. The smallest absolute Gasteiger partial charge is 0.325 e. The van der Waals surface area contributed by atoms with Gasteiger partial charge in [0.15, 0.2) is 0 Å². The fourth-order valence-electron chi connectivity index (χ4n) is 2.71. The van der Waals surface area contributed by atoms with E-state index in [0.29, 0.717) is 17.1 Å². The van der Waals surface area contributed by atoms with Gasteiger partial charge in [0.2, 0.25) is 0 Å². The van der Waals surface area contributed by atoms with Crippen molar-refractivity contribution in [2.45, 2.75) is 19.0 Å². The van der Waals surface area contributed by atoms with Gasteiger partial charge in [-0.25, -0.2) is 4.39 Å². The van der Waals surface area contributed by atoms with Gasteiger partial charge in [-0.2, -0.15) is 0 Å². The minimum absolute atomic E-state index is 0.192. The molecular weight excluding hydrogens is 313 g/mol. The van der Waals surface area contributed by atoms with Crippen LogP contribution in [-0.2, 0) is 17.8 Å². The lowest BCUT2D eigenvalue weighted by atomic mass is 9.99. The number of hydrogen-bond donors (Lipinski definition) is 1. The van der Waals surface area contributed by atoms with Crippen molar-refractivity contribution in [2.75, 3.05) is 6.54 Å². The van der Waals surface area contributed by atoms with E-state index in [4.69, 9.17) is 11.6 Å². The summed E-state index contributed by atoms with van der Waals surface area (Å²) in [5.41, 5.74) is 1.16. The van der Waals surface area contributed by atoms with Crippen LogP contribution >= 0.6 is 22.9 Å². The monoisotopic (exact) mass is 325 g/mol. The first kappa shape index (κ1) is 14.5. The average Bonchev–Trinajstić information content (AvgIpc) is 2.90. The van der Waals surface area contributed by atoms with Gasteiger partial charge in [0.05, 0.1) is 0 Å². The third-order valence-electron chi connectivity index (χ3n) is 3.72. The molecule has 0 fully saturated rings. The van der Waals surface area contributed by atoms with Crippen molar-refractivity contribution < 1.29 is 14.3 Å². The molecule has 1 aliphatic heterocycles. The Bertz CT molecular complexity index is 668. The van der Waals surface area contributed by atoms with Crippen LogP contribution in [0.15, 0.2) is 29.6 Å². The summed E-state index contributed by atoms with van der Waals surface area (Å²) in [5, 5.41) is 11.8. The SMILES string of the molecule is O=C(O)C1c2ccsc2CCN1Cc1c(F)cccc1Cl. The van der Waals surface area contributed by atoms with Crippen molar-refractivity contribution in [2.24, 2.45) is 0 Å². The number of halogens is 2. The van der Waals surface area contributed by atoms with Gasteiger partial charge in [-0.1, -0.05) is 17.7 Å². The maximum atomic E-state index is 13.9. The highest BCUT2D eigenvalue weighted by atomic mass is 35.5. The zero-order valence-corrected chi connectivity index (χ0v) is 12.6. The second kappa shape index (κ2) is 5.75. The van der Waals surface area contributed by atoms with Gasteiger partial charge in [-0.05, 0) is 35.6 Å². The molecule has 0 spiro atoms. The van der Waals surface area contributed by atoms with E-state index in [1.807, 2.05) is 11.4 Å². The van der Waals surface area contributed by atoms with E-state index in [-0.39, 0.29) is 6.54 Å². The van der Waals surface area contributed by atoms with E-state index >= 15 is 0 Å². The highest BCUT2D eigenvalue weighted by Gasteiger charge is 2.34. The lowest BCUT2D eigenvalue weighted by Crippen LogP contribution is -2.38. The number of thiophene rings is 1. The van der Waals surface area contributed by atoms with Crippen molar-refractivity contribution in [3.05, 3.63) is 56.5 Å². The van der Waals surface area contributed by atoms with E-state index in [2.05, 4.69) is 0 Å². The second-order valence-electron chi connectivity index (χ2n) is 4.96. The van der Waals surface area contributed by atoms with Gasteiger partial charge >= 0.3 is 5.97 Å². The summed E-state index contributed by atoms with van der Waals surface area (Å²) in [6, 6.07) is 5.61. The fraction of sp³-hybridized carbons (Fsp3) is 0.267. The molecule has 1 atom stereocenters. The summed E-state index contributed by atoms with van der Waals surface area (Å²) in [5.74, 6) is -1.32. The lowest BCUT2D eigenvalue weighted by molar-refractivity contribution is -0.144. The third kappa shape index (κ3) is 2.69. The van der Waals surface area contributed by atoms with Crippen molar-refractivity contribution in [3.63, 3.8) is 0 Å². The highest BCUT2D eigenvalue weighted by Crippen LogP contribution is 2.35. The van der Waals surface area contributed by atoms with Gasteiger partial charge in [0.1, 0.15) is 11.9 Å². The van der Waals surface area contributed by atoms with Crippen LogP contribution < -0.4 is 0 Å². The van der Waals surface area contributed by atoms with E-state index in [1.165, 1.54) is 6.07 Å². The average molecular weight is 326 g/mol. The zero-order chi connectivity index (χ0) is 15.0. The Labute approximate surface area is 130 Å². The van der Waals surface area contributed by atoms with E-state index < -0.39 is 17.8 Å². The van der Waals surface area contributed by atoms with Crippen LogP contribution in [0.3, 0.4) is 0 Å². The summed E-state index contributed by atoms with van der Waals surface area (Å²) in [4.78, 5) is 14.5. The Morgan fingerprint density at radius 2 is 2.29 bits per heavy atom. The van der Waals surface area contributed by atoms with Crippen molar-refractivity contribution >= 4 is 28.9 Å². The Morgan fingerprint density at radius 3 is 3.00 bits per heavy atom. The van der Waals surface area contributed by atoms with Gasteiger partial charge in [0, 0.05) is 28.6 Å². The molecule has 1 unspecified atom stereocenters. The van der Waals surface area contributed by atoms with Crippen LogP contribution in [0.1, 0.15) is 22.0 Å². The van der Waals surface area contributed by atoms with Crippen LogP contribution in [0, 0.1) is 5.82 Å². The molecule has 1 aromatic carbocycles. The topological polar surface area (TPSA) is 40.5 Å². The van der Waals surface area contributed by atoms with Gasteiger partial charge in [0.25, 0.3) is 0 Å². The Balaban J connectivity index is 1.94. The number of benzene rings is 1. The third-order valence-corrected chi connectivity index (χ3v) is 5.07. The Morgan fingerprint density at radius 1 is 1.48 bits per heavy atom. The molecule has 2 aromatic rings. The minimum atomic E-state index is -0.915. The molecule has 0 radical (unpaired) electrons. The molecule has 0 aliphatic carbocycles. The minimum Gasteiger partial charge on any atom is -0.480 e. The number of rotatable bonds is 3. The molecule has 0 bridgehead atoms. The van der Waals surface area contributed by atoms with Crippen LogP contribution in [0.2, 0.25) is 5.02 Å². The van der Waals surface area contributed by atoms with E-state index in [9.17, 15) is 14.3 Å². The van der Waals surface area contributed by atoms with Crippen molar-refractivity contribution in [3.8, 4) is 0 Å². The van der Waals surface area contributed by atoms with Crippen LogP contribution in [-0.4, -0.2) is 22.5 Å². The number of aliphatic carboxylic acids is 1. The number of carboxylic acid groups (broad SMARTS) is 1. The van der Waals surface area contributed by atoms with Crippen molar-refractivity contribution in [1.82, 2.24) is 4.90 Å². The van der Waals surface area contributed by atoms with Gasteiger partial charge in [-0.15, -0.1) is 11.3 Å². The van der Waals surface area contributed by atoms with Crippen LogP contribution in [0.25, 0.3) is 0 Å². The first-order valence-electron chi connectivity index (χ1n) is 6.54. The molecular formula is C15H13ClFNO2S. The summed E-state index contributed by atoms with van der Waals surface area (Å²) in [7, 11) is 0. The molecule has 1 aliphatic rings. The Hall–Kier alpha value is -1.43. The fourth-order valence-corrected chi connectivity index (χ4v) is 3.84. The summed E-state index contributed by atoms with van der Waals surface area (Å²) in [6.07, 6.45) is 0.781. The lowest BCUT2D eigenvalue weighted by Gasteiger charge is -2.33. The molecule has 110 valence electrons. The summed E-state index contributed by atoms with van der Waals surface area (Å²) >= 11 is 7.61. The van der Waals surface area contributed by atoms with E-state index in [0.717, 1.165) is 16.9 Å². The predicted octanol–water partition coefficient (Wildman–Crippen LogP) is 3.72. The molecule has 3 rings (SSSR count). The molecule has 0 amide bonds. The summed E-state index contributed by atoms with van der Waals surface area (Å²) in [6.45, 7) is 0.771. The normalized spacial score (nSPS) is 18.5. The number of hydrogen-bond acceptors (Lipinski definition) is 3. The zero-order valence-electron chi connectivity index (χ0n) is 11.1. The maximum absolute atomic E-state index is 13.9. The van der Waals surface area contributed by atoms with Gasteiger partial charge < -0.3 is 5.11 Å². The quantitative estimate of drug-likeness (QED) is 0.935. The molecule has 6 heteroatoms. The summed E-state index contributed by atoms with van der Waals surface area (Å²) < 4.78 is 13.9. The number of fused-ring (bicyclic) bond motifs is 1. The van der Waals surface area contributed by atoms with Crippen LogP contribution in [0.4, 0.5) is 4.39 Å². The first-order chi connectivity index (χ1) is 10.1. The van der Waals surface area contributed by atoms with Crippen molar-refractivity contribution in [1.29, 1.82) is 0 Å². The standard InChI is InChI=1S/C15H13ClFNO2S/c16-11-2-1-3-12(17)10(11)8-18-6-4-13-9(5-7-21-13)14(18)15(19)20/h1-3,5,7,14H,4,6,8H2,(H,19,20). The number of nitrogens with zero attached hydrogens (tertiary/aromatic N) is 1. The number of carbonyl (C=O) groups is 1.